The number of aryl methyl sites for hydroxylation is 1. The molecule has 1 aromatic carbocycles. The van der Waals surface area contributed by atoms with Gasteiger partial charge in [-0.3, -0.25) is 0 Å². The average molecular weight is 420 g/mol. The zero-order valence-electron chi connectivity index (χ0n) is 15.1. The molecular weight excluding hydrogens is 399 g/mol. The monoisotopic (exact) mass is 420 g/mol. The van der Waals surface area contributed by atoms with Crippen LogP contribution < -0.4 is 0 Å². The Morgan fingerprint density at radius 2 is 1.25 bits per heavy atom. The van der Waals surface area contributed by atoms with E-state index in [1.54, 1.807) is 12.1 Å². The van der Waals surface area contributed by atoms with E-state index in [-0.39, 0.29) is 18.8 Å². The first-order chi connectivity index (χ1) is 12.8. The van der Waals surface area contributed by atoms with Gasteiger partial charge in [-0.15, -0.1) is 0 Å². The van der Waals surface area contributed by atoms with E-state index in [1.165, 1.54) is 0 Å². The lowest BCUT2D eigenvalue weighted by Gasteiger charge is -2.40. The van der Waals surface area contributed by atoms with Crippen molar-refractivity contribution in [1.29, 1.82) is 0 Å². The van der Waals surface area contributed by atoms with Crippen molar-refractivity contribution >= 4 is 0 Å². The fourth-order valence-corrected chi connectivity index (χ4v) is 3.68. The second-order valence-electron chi connectivity index (χ2n) is 7.31. The molecule has 28 heavy (non-hydrogen) atoms. The predicted octanol–water partition coefficient (Wildman–Crippen LogP) is 7.38. The van der Waals surface area contributed by atoms with Gasteiger partial charge in [-0.1, -0.05) is 37.6 Å². The minimum absolute atomic E-state index is 0.0149. The number of alkyl halides is 9. The average Bonchev–Trinajstić information content (AvgIpc) is 2.61. The number of halogens is 9. The summed E-state index contributed by atoms with van der Waals surface area (Å²) in [6.45, 7) is 2.01. The highest BCUT2D eigenvalue weighted by Gasteiger charge is 2.82. The molecule has 1 fully saturated rings. The first-order valence-electron chi connectivity index (χ1n) is 9.04. The molecule has 1 saturated carbocycles. The van der Waals surface area contributed by atoms with Gasteiger partial charge in [-0.25, -0.2) is 0 Å². The number of rotatable bonds is 6. The summed E-state index contributed by atoms with van der Waals surface area (Å²) in [6.07, 6.45) is -6.05. The number of hydrogen-bond acceptors (Lipinski definition) is 0. The van der Waals surface area contributed by atoms with Crippen molar-refractivity contribution in [3.8, 4) is 0 Å². The van der Waals surface area contributed by atoms with Crippen molar-refractivity contribution in [3.05, 3.63) is 35.4 Å². The largest absolute Gasteiger partial charge is 0.460 e. The molecule has 0 N–H and O–H groups in total. The maximum atomic E-state index is 14.1. The van der Waals surface area contributed by atoms with Crippen LogP contribution in [0.2, 0.25) is 0 Å². The SMILES string of the molecule is CCCc1ccc(C2CCC(C(F)(F)C(F)(F)C(F)(F)C(F)(F)F)CC2)cc1. The summed E-state index contributed by atoms with van der Waals surface area (Å²) < 4.78 is 118. The van der Waals surface area contributed by atoms with E-state index in [9.17, 15) is 39.5 Å². The third kappa shape index (κ3) is 3.99. The van der Waals surface area contributed by atoms with E-state index < -0.39 is 42.7 Å². The van der Waals surface area contributed by atoms with Gasteiger partial charge in [0.25, 0.3) is 0 Å². The van der Waals surface area contributed by atoms with Crippen LogP contribution in [0.25, 0.3) is 0 Å². The number of benzene rings is 1. The van der Waals surface area contributed by atoms with Crippen molar-refractivity contribution in [3.63, 3.8) is 0 Å². The van der Waals surface area contributed by atoms with Crippen LogP contribution in [0.3, 0.4) is 0 Å². The second kappa shape index (κ2) is 7.78. The van der Waals surface area contributed by atoms with E-state index in [4.69, 9.17) is 0 Å². The Labute approximate surface area is 157 Å². The third-order valence-corrected chi connectivity index (χ3v) is 5.40. The first kappa shape index (κ1) is 22.9. The second-order valence-corrected chi connectivity index (χ2v) is 7.31. The normalized spacial score (nSPS) is 22.4. The van der Waals surface area contributed by atoms with Crippen LogP contribution in [0.15, 0.2) is 24.3 Å². The Balaban J connectivity index is 2.10. The molecule has 0 aromatic heterocycles. The van der Waals surface area contributed by atoms with E-state index in [0.717, 1.165) is 24.0 Å². The minimum Gasteiger partial charge on any atom is -0.199 e. The van der Waals surface area contributed by atoms with E-state index in [0.29, 0.717) is 0 Å². The zero-order valence-corrected chi connectivity index (χ0v) is 15.1. The van der Waals surface area contributed by atoms with Crippen LogP contribution in [0.1, 0.15) is 56.1 Å². The third-order valence-electron chi connectivity index (χ3n) is 5.40. The van der Waals surface area contributed by atoms with Gasteiger partial charge >= 0.3 is 23.9 Å². The maximum Gasteiger partial charge on any atom is 0.460 e. The molecule has 0 nitrogen and oxygen atoms in total. The molecule has 0 aliphatic heterocycles. The Hall–Kier alpha value is -1.41. The highest BCUT2D eigenvalue weighted by atomic mass is 19.4. The molecule has 9 heteroatoms. The van der Waals surface area contributed by atoms with E-state index in [2.05, 4.69) is 0 Å². The lowest BCUT2D eigenvalue weighted by Crippen LogP contribution is -2.63. The molecule has 0 unspecified atom stereocenters. The summed E-state index contributed by atoms with van der Waals surface area (Å²) in [5.41, 5.74) is 1.90. The summed E-state index contributed by atoms with van der Waals surface area (Å²) in [7, 11) is 0. The summed E-state index contributed by atoms with van der Waals surface area (Å²) >= 11 is 0. The highest BCUT2D eigenvalue weighted by Crippen LogP contribution is 2.57. The summed E-state index contributed by atoms with van der Waals surface area (Å²) in [6, 6.07) is 7.36. The van der Waals surface area contributed by atoms with Crippen molar-refractivity contribution in [1.82, 2.24) is 0 Å². The van der Waals surface area contributed by atoms with Gasteiger partial charge in [0.2, 0.25) is 0 Å². The molecule has 0 saturated heterocycles. The summed E-state index contributed by atoms with van der Waals surface area (Å²) in [4.78, 5) is 0. The van der Waals surface area contributed by atoms with Crippen LogP contribution in [-0.2, 0) is 6.42 Å². The Morgan fingerprint density at radius 3 is 1.68 bits per heavy atom. The molecule has 0 bridgehead atoms. The zero-order chi connectivity index (χ0) is 21.4. The van der Waals surface area contributed by atoms with Gasteiger partial charge in [-0.05, 0) is 49.1 Å². The molecule has 2 rings (SSSR count). The minimum atomic E-state index is -6.81. The van der Waals surface area contributed by atoms with Crippen LogP contribution in [0.4, 0.5) is 39.5 Å². The Bertz CT molecular complexity index is 638. The fraction of sp³-hybridized carbons (Fsp3) is 0.684. The first-order valence-corrected chi connectivity index (χ1v) is 9.04. The molecule has 0 spiro atoms. The summed E-state index contributed by atoms with van der Waals surface area (Å²) in [5, 5.41) is 0. The fourth-order valence-electron chi connectivity index (χ4n) is 3.68. The molecule has 1 aliphatic rings. The van der Waals surface area contributed by atoms with Gasteiger partial charge in [0.1, 0.15) is 0 Å². The Morgan fingerprint density at radius 1 is 0.750 bits per heavy atom. The maximum absolute atomic E-state index is 14.1. The number of hydrogen-bond donors (Lipinski definition) is 0. The van der Waals surface area contributed by atoms with Crippen LogP contribution in [-0.4, -0.2) is 23.9 Å². The van der Waals surface area contributed by atoms with Gasteiger partial charge in [0.15, 0.2) is 0 Å². The molecule has 0 heterocycles. The van der Waals surface area contributed by atoms with Crippen molar-refractivity contribution < 1.29 is 39.5 Å². The molecule has 0 amide bonds. The highest BCUT2D eigenvalue weighted by molar-refractivity contribution is 5.26. The van der Waals surface area contributed by atoms with Gasteiger partial charge in [0.05, 0.1) is 0 Å². The molecular formula is C19H21F9. The lowest BCUT2D eigenvalue weighted by molar-refractivity contribution is -0.404. The molecule has 1 aromatic rings. The summed E-state index contributed by atoms with van der Waals surface area (Å²) in [5.74, 6) is -21.3. The van der Waals surface area contributed by atoms with Crippen molar-refractivity contribution in [2.45, 2.75) is 75.3 Å². The van der Waals surface area contributed by atoms with Crippen molar-refractivity contribution in [2.75, 3.05) is 0 Å². The van der Waals surface area contributed by atoms with E-state index in [1.807, 2.05) is 19.1 Å². The quantitative estimate of drug-likeness (QED) is 0.421. The molecule has 0 atom stereocenters. The van der Waals surface area contributed by atoms with Crippen LogP contribution in [0, 0.1) is 5.92 Å². The van der Waals surface area contributed by atoms with Crippen molar-refractivity contribution in [2.24, 2.45) is 5.92 Å². The van der Waals surface area contributed by atoms with Crippen LogP contribution >= 0.6 is 0 Å². The van der Waals surface area contributed by atoms with E-state index >= 15 is 0 Å². The topological polar surface area (TPSA) is 0 Å². The lowest BCUT2D eigenvalue weighted by atomic mass is 9.74. The predicted molar refractivity (Wildman–Crippen MR) is 86.0 cm³/mol. The molecule has 160 valence electrons. The molecule has 1 aliphatic carbocycles. The standard InChI is InChI=1S/C19H21F9/c1-2-3-12-4-6-13(7-5-12)14-8-10-15(11-9-14)16(20,21)17(22,23)18(24,25)19(26,27)28/h4-7,14-15H,2-3,8-11H2,1H3. The van der Waals surface area contributed by atoms with Crippen LogP contribution in [0.5, 0.6) is 0 Å². The van der Waals surface area contributed by atoms with Gasteiger partial charge < -0.3 is 0 Å². The smallest absolute Gasteiger partial charge is 0.199 e. The Kier molecular flexibility index (Phi) is 6.36. The molecule has 0 radical (unpaired) electrons. The van der Waals surface area contributed by atoms with Gasteiger partial charge in [0, 0.05) is 5.92 Å². The van der Waals surface area contributed by atoms with Gasteiger partial charge in [-0.2, -0.15) is 39.5 Å².